The van der Waals surface area contributed by atoms with Crippen LogP contribution in [-0.2, 0) is 14.4 Å². The largest absolute Gasteiger partial charge is 0.356 e. The third kappa shape index (κ3) is 13.3. The van der Waals surface area contributed by atoms with Crippen LogP contribution in [0.2, 0.25) is 0 Å². The highest BCUT2D eigenvalue weighted by atomic mass is 19.1. The van der Waals surface area contributed by atoms with E-state index in [1.165, 1.54) is 64.2 Å². The van der Waals surface area contributed by atoms with Crippen molar-refractivity contribution in [2.45, 2.75) is 86.0 Å². The number of nitriles is 1. The number of hydrogen-bond donors (Lipinski definition) is 1. The number of amides is 1. The molecule has 0 aromatic heterocycles. The van der Waals surface area contributed by atoms with Gasteiger partial charge in [-0.1, -0.05) is 46.0 Å². The van der Waals surface area contributed by atoms with E-state index in [0.29, 0.717) is 12.0 Å². The van der Waals surface area contributed by atoms with Crippen LogP contribution in [0.4, 0.5) is 8.78 Å². The zero-order chi connectivity index (χ0) is 27.5. The molecule has 5 nitrogen and oxygen atoms in total. The molecule has 1 aliphatic heterocycles. The number of aldehydes is 1. The Kier molecular flexibility index (Phi) is 17.8. The van der Waals surface area contributed by atoms with Crippen LogP contribution < -0.4 is 5.32 Å². The maximum Gasteiger partial charge on any atom is 0.223 e. The number of carbonyl (C=O) groups excluding carboxylic acids is 3. The molecule has 1 amide bonds. The Labute approximate surface area is 215 Å². The van der Waals surface area contributed by atoms with Crippen LogP contribution in [0, 0.1) is 47.6 Å². The lowest BCUT2D eigenvalue weighted by atomic mass is 9.92. The molecular formula is C29H42F2N2O3. The summed E-state index contributed by atoms with van der Waals surface area (Å²) in [5.41, 5.74) is 0.724. The number of ketones is 1. The molecule has 3 unspecified atom stereocenters. The molecule has 1 heterocycles. The second-order valence-electron chi connectivity index (χ2n) is 9.04. The number of nitrogens with one attached hydrogen (secondary N) is 1. The molecule has 1 aromatic carbocycles. The van der Waals surface area contributed by atoms with Crippen molar-refractivity contribution in [3.63, 3.8) is 0 Å². The summed E-state index contributed by atoms with van der Waals surface area (Å²) >= 11 is 0. The smallest absolute Gasteiger partial charge is 0.223 e. The van der Waals surface area contributed by atoms with Gasteiger partial charge in [0.05, 0.1) is 6.07 Å². The number of benzene rings is 1. The van der Waals surface area contributed by atoms with Crippen molar-refractivity contribution in [2.75, 3.05) is 6.54 Å². The van der Waals surface area contributed by atoms with Gasteiger partial charge in [-0.25, -0.2) is 8.78 Å². The van der Waals surface area contributed by atoms with Gasteiger partial charge < -0.3 is 10.1 Å². The lowest BCUT2D eigenvalue weighted by molar-refractivity contribution is -0.122. The fourth-order valence-electron chi connectivity index (χ4n) is 4.47. The van der Waals surface area contributed by atoms with E-state index in [2.05, 4.69) is 19.2 Å². The molecule has 2 fully saturated rings. The van der Waals surface area contributed by atoms with Crippen LogP contribution in [0.25, 0.3) is 6.08 Å². The molecule has 7 heteroatoms. The topological polar surface area (TPSA) is 87.0 Å². The number of allylic oxidation sites excluding steroid dienone is 1. The van der Waals surface area contributed by atoms with Crippen molar-refractivity contribution < 1.29 is 23.2 Å². The Morgan fingerprint density at radius 2 is 1.75 bits per heavy atom. The molecule has 3 atom stereocenters. The Hall–Kier alpha value is -2.88. The second kappa shape index (κ2) is 19.3. The van der Waals surface area contributed by atoms with Gasteiger partial charge in [-0.15, -0.1) is 0 Å². The Morgan fingerprint density at radius 1 is 1.17 bits per heavy atom. The summed E-state index contributed by atoms with van der Waals surface area (Å²) in [7, 11) is 0. The zero-order valence-electron chi connectivity index (χ0n) is 22.4. The minimum atomic E-state index is -0.653. The predicted molar refractivity (Wildman–Crippen MR) is 140 cm³/mol. The van der Waals surface area contributed by atoms with Crippen LogP contribution in [0.1, 0.15) is 90.2 Å². The van der Waals surface area contributed by atoms with Gasteiger partial charge in [0.1, 0.15) is 17.9 Å². The van der Waals surface area contributed by atoms with Crippen LogP contribution in [0.3, 0.4) is 0 Å². The molecule has 0 spiro atoms. The first-order valence-electron chi connectivity index (χ1n) is 12.8. The van der Waals surface area contributed by atoms with Gasteiger partial charge in [0.25, 0.3) is 0 Å². The molecule has 0 radical (unpaired) electrons. The minimum Gasteiger partial charge on any atom is -0.356 e. The van der Waals surface area contributed by atoms with E-state index in [-0.39, 0.29) is 23.2 Å². The van der Waals surface area contributed by atoms with E-state index in [9.17, 15) is 18.4 Å². The van der Waals surface area contributed by atoms with Gasteiger partial charge in [0, 0.05) is 30.5 Å². The average Bonchev–Trinajstić information content (AvgIpc) is 3.46. The quantitative estimate of drug-likeness (QED) is 0.344. The molecule has 1 N–H and O–H groups in total. The summed E-state index contributed by atoms with van der Waals surface area (Å²) < 4.78 is 25.8. The van der Waals surface area contributed by atoms with Crippen molar-refractivity contribution in [2.24, 2.45) is 17.8 Å². The van der Waals surface area contributed by atoms with Gasteiger partial charge in [-0.2, -0.15) is 5.26 Å². The Bertz CT molecular complexity index is 860. The van der Waals surface area contributed by atoms with Gasteiger partial charge in [-0.3, -0.25) is 9.59 Å². The number of nitrogens with zero attached hydrogens (tertiary/aromatic N) is 1. The maximum atomic E-state index is 13.2. The van der Waals surface area contributed by atoms with Crippen molar-refractivity contribution >= 4 is 24.1 Å². The van der Waals surface area contributed by atoms with E-state index in [1.807, 2.05) is 6.07 Å². The second-order valence-corrected chi connectivity index (χ2v) is 9.04. The number of hydrogen-bond acceptors (Lipinski definition) is 4. The van der Waals surface area contributed by atoms with E-state index >= 15 is 0 Å². The third-order valence-electron chi connectivity index (χ3n) is 6.42. The zero-order valence-corrected chi connectivity index (χ0v) is 22.4. The summed E-state index contributed by atoms with van der Waals surface area (Å²) in [5.74, 6) is 0.952. The predicted octanol–water partition coefficient (Wildman–Crippen LogP) is 6.73. The van der Waals surface area contributed by atoms with Crippen molar-refractivity contribution in [1.29, 1.82) is 5.26 Å². The number of rotatable bonds is 6. The highest BCUT2D eigenvalue weighted by molar-refractivity contribution is 5.91. The highest BCUT2D eigenvalue weighted by Gasteiger charge is 2.23. The molecule has 0 bridgehead atoms. The van der Waals surface area contributed by atoms with Gasteiger partial charge in [0.2, 0.25) is 5.91 Å². The third-order valence-corrected chi connectivity index (χ3v) is 6.42. The van der Waals surface area contributed by atoms with Crippen LogP contribution in [-0.4, -0.2) is 24.5 Å². The van der Waals surface area contributed by atoms with Crippen molar-refractivity contribution in [3.8, 4) is 6.07 Å². The lowest BCUT2D eigenvalue weighted by Gasteiger charge is -2.14. The van der Waals surface area contributed by atoms with Crippen molar-refractivity contribution in [3.05, 3.63) is 41.0 Å². The molecule has 1 aliphatic carbocycles. The van der Waals surface area contributed by atoms with Gasteiger partial charge in [0.15, 0.2) is 5.78 Å². The molecule has 2 aliphatic rings. The first kappa shape index (κ1) is 33.1. The van der Waals surface area contributed by atoms with E-state index in [0.717, 1.165) is 43.6 Å². The molecule has 1 saturated carbocycles. The van der Waals surface area contributed by atoms with Crippen LogP contribution in [0.5, 0.6) is 0 Å². The fraction of sp³-hybridized carbons (Fsp3) is 0.586. The molecule has 200 valence electrons. The Morgan fingerprint density at radius 3 is 2.17 bits per heavy atom. The molecule has 36 heavy (non-hydrogen) atoms. The highest BCUT2D eigenvalue weighted by Crippen LogP contribution is 2.35. The summed E-state index contributed by atoms with van der Waals surface area (Å²) in [6, 6.07) is 4.06. The lowest BCUT2D eigenvalue weighted by Crippen LogP contribution is -2.18. The monoisotopic (exact) mass is 504 g/mol. The maximum absolute atomic E-state index is 13.2. The van der Waals surface area contributed by atoms with E-state index < -0.39 is 11.6 Å². The molecular weight excluding hydrogens is 462 g/mol. The van der Waals surface area contributed by atoms with Gasteiger partial charge >= 0.3 is 0 Å². The number of carbonyl (C=O) groups is 3. The summed E-state index contributed by atoms with van der Waals surface area (Å²) in [5, 5.41) is 11.0. The summed E-state index contributed by atoms with van der Waals surface area (Å²) in [6.45, 7) is 9.85. The van der Waals surface area contributed by atoms with Crippen molar-refractivity contribution in [1.82, 2.24) is 5.32 Å². The minimum absolute atomic E-state index is 0.111. The fourth-order valence-corrected chi connectivity index (χ4v) is 4.47. The average molecular weight is 505 g/mol. The van der Waals surface area contributed by atoms with E-state index in [1.54, 1.807) is 6.92 Å². The number of aryl methyl sites for hydroxylation is 1. The molecule has 3 rings (SSSR count). The van der Waals surface area contributed by atoms with Crippen LogP contribution >= 0.6 is 0 Å². The van der Waals surface area contributed by atoms with Crippen LogP contribution in [0.15, 0.2) is 18.2 Å². The molecule has 1 aromatic rings. The first-order valence-corrected chi connectivity index (χ1v) is 12.8. The first-order chi connectivity index (χ1) is 17.1. The summed E-state index contributed by atoms with van der Waals surface area (Å²) in [4.78, 5) is 30.3. The normalized spacial score (nSPS) is 20.1. The summed E-state index contributed by atoms with van der Waals surface area (Å²) in [6.07, 6.45) is 12.8. The van der Waals surface area contributed by atoms with Gasteiger partial charge in [-0.05, 0) is 69.2 Å². The van der Waals surface area contributed by atoms with E-state index in [4.69, 9.17) is 10.1 Å². The standard InChI is InChI=1S/C11H10F2O.C9H18.C7H10N2O.C2H4O/c1-7-5-9(12)6-11(13)10(7)4-3-8(2)14;1-3-8-6-5-7-9(8)4-2;8-4-1-2-6-3-5-9-7(6)10;1-2-3/h3-6H,1-2H3;8-9H,3-7H2,1-2H3;6H,1-3,5H2,(H,9,10);2H,1H3/b4-3+;;;. The SMILES string of the molecule is CC(=O)/C=C/c1c(C)cc(F)cc1F.CC=O.CCC1CCCC1CC.N#CCCC1CCNC1=O. The number of halogens is 2. The Balaban J connectivity index is 0.000000495. The molecule has 1 saturated heterocycles.